The minimum Gasteiger partial charge on any atom is -0.380 e. The molecule has 0 bridgehead atoms. The highest BCUT2D eigenvalue weighted by Crippen LogP contribution is 2.41. The van der Waals surface area contributed by atoms with Gasteiger partial charge in [-0.25, -0.2) is 4.98 Å². The Bertz CT molecular complexity index is 631. The maximum Gasteiger partial charge on any atom is 0.272 e. The molecule has 1 aromatic heterocycles. The summed E-state index contributed by atoms with van der Waals surface area (Å²) in [5, 5.41) is 0. The van der Waals surface area contributed by atoms with Crippen molar-refractivity contribution in [1.82, 2.24) is 9.88 Å². The third-order valence-electron chi connectivity index (χ3n) is 5.82. The summed E-state index contributed by atoms with van der Waals surface area (Å²) in [4.78, 5) is 19.3. The molecule has 3 aliphatic rings. The molecule has 5 heteroatoms. The van der Waals surface area contributed by atoms with Gasteiger partial charge in [0.1, 0.15) is 5.69 Å². The van der Waals surface area contributed by atoms with E-state index >= 15 is 0 Å². The van der Waals surface area contributed by atoms with E-state index in [9.17, 15) is 4.79 Å². The van der Waals surface area contributed by atoms with Crippen LogP contribution < -0.4 is 0 Å². The number of ether oxygens (including phenoxy) is 2. The fourth-order valence-corrected chi connectivity index (χ4v) is 4.21. The smallest absolute Gasteiger partial charge is 0.272 e. The number of nitrogens with zero attached hydrogens (tertiary/aromatic N) is 2. The Hall–Kier alpha value is -1.46. The summed E-state index contributed by atoms with van der Waals surface area (Å²) in [5.41, 5.74) is 1.37. The van der Waals surface area contributed by atoms with Crippen LogP contribution in [0.4, 0.5) is 0 Å². The van der Waals surface area contributed by atoms with E-state index in [0.29, 0.717) is 12.3 Å². The highest BCUT2D eigenvalue weighted by Gasteiger charge is 2.47. The Morgan fingerprint density at radius 1 is 1.40 bits per heavy atom. The van der Waals surface area contributed by atoms with Crippen molar-refractivity contribution in [2.45, 2.75) is 45.1 Å². The van der Waals surface area contributed by atoms with Crippen molar-refractivity contribution in [3.63, 3.8) is 0 Å². The van der Waals surface area contributed by atoms with E-state index in [1.165, 1.54) is 12.8 Å². The van der Waals surface area contributed by atoms with Gasteiger partial charge in [0.15, 0.2) is 0 Å². The number of fused-ring (bicyclic) bond motifs is 1. The van der Waals surface area contributed by atoms with Crippen LogP contribution in [0.1, 0.15) is 48.3 Å². The zero-order valence-corrected chi connectivity index (χ0v) is 15.1. The lowest BCUT2D eigenvalue weighted by atomic mass is 9.73. The molecule has 0 aromatic carbocycles. The number of piperidine rings is 1. The summed E-state index contributed by atoms with van der Waals surface area (Å²) in [5.74, 6) is 0.798. The van der Waals surface area contributed by atoms with E-state index in [1.54, 1.807) is 0 Å². The molecule has 2 aliphatic heterocycles. The van der Waals surface area contributed by atoms with Gasteiger partial charge < -0.3 is 14.4 Å². The molecule has 1 aliphatic carbocycles. The fraction of sp³-hybridized carbons (Fsp3) is 0.700. The monoisotopic (exact) mass is 344 g/mol. The van der Waals surface area contributed by atoms with E-state index in [4.69, 9.17) is 9.47 Å². The molecule has 2 saturated heterocycles. The molecule has 1 aromatic rings. The summed E-state index contributed by atoms with van der Waals surface area (Å²) in [6.45, 7) is 5.79. The average molecular weight is 344 g/mol. The molecule has 136 valence electrons. The SMILES string of the molecule is Cc1cccc(C(=O)N2CC[C@H]3OCCC[C@]3(COCC3CC3)C2)n1. The van der Waals surface area contributed by atoms with E-state index in [-0.39, 0.29) is 17.4 Å². The highest BCUT2D eigenvalue weighted by molar-refractivity contribution is 5.92. The molecule has 0 N–H and O–H groups in total. The number of rotatable bonds is 5. The summed E-state index contributed by atoms with van der Waals surface area (Å²) >= 11 is 0. The van der Waals surface area contributed by atoms with Crippen LogP contribution >= 0.6 is 0 Å². The van der Waals surface area contributed by atoms with Gasteiger partial charge in [0.2, 0.25) is 0 Å². The van der Waals surface area contributed by atoms with E-state index in [2.05, 4.69) is 4.98 Å². The number of aromatic nitrogens is 1. The number of hydrogen-bond acceptors (Lipinski definition) is 4. The first-order chi connectivity index (χ1) is 12.2. The lowest BCUT2D eigenvalue weighted by molar-refractivity contribution is -0.147. The van der Waals surface area contributed by atoms with Gasteiger partial charge in [-0.2, -0.15) is 0 Å². The van der Waals surface area contributed by atoms with Gasteiger partial charge in [-0.1, -0.05) is 6.07 Å². The molecule has 0 spiro atoms. The number of aryl methyl sites for hydroxylation is 1. The van der Waals surface area contributed by atoms with Gasteiger partial charge >= 0.3 is 0 Å². The zero-order chi connectivity index (χ0) is 17.3. The maximum atomic E-state index is 12.9. The topological polar surface area (TPSA) is 51.7 Å². The second kappa shape index (κ2) is 7.04. The van der Waals surface area contributed by atoms with E-state index in [0.717, 1.165) is 57.2 Å². The minimum atomic E-state index is -0.0507. The first kappa shape index (κ1) is 17.0. The van der Waals surface area contributed by atoms with Crippen molar-refractivity contribution in [3.8, 4) is 0 Å². The van der Waals surface area contributed by atoms with Gasteiger partial charge in [-0.15, -0.1) is 0 Å². The molecule has 3 fully saturated rings. The predicted octanol–water partition coefficient (Wildman–Crippen LogP) is 2.83. The van der Waals surface area contributed by atoms with Crippen molar-refractivity contribution in [1.29, 1.82) is 0 Å². The molecule has 25 heavy (non-hydrogen) atoms. The Labute approximate surface area is 149 Å². The maximum absolute atomic E-state index is 12.9. The zero-order valence-electron chi connectivity index (χ0n) is 15.1. The Balaban J connectivity index is 1.47. The van der Waals surface area contributed by atoms with Crippen LogP contribution in [0, 0.1) is 18.3 Å². The van der Waals surface area contributed by atoms with E-state index < -0.39 is 0 Å². The number of hydrogen-bond donors (Lipinski definition) is 0. The van der Waals surface area contributed by atoms with Gasteiger partial charge in [0, 0.05) is 37.4 Å². The lowest BCUT2D eigenvalue weighted by Gasteiger charge is -2.50. The third-order valence-corrected chi connectivity index (χ3v) is 5.82. The summed E-state index contributed by atoms with van der Waals surface area (Å²) in [6.07, 6.45) is 5.84. The Morgan fingerprint density at radius 3 is 3.08 bits per heavy atom. The van der Waals surface area contributed by atoms with Crippen molar-refractivity contribution in [2.24, 2.45) is 11.3 Å². The van der Waals surface area contributed by atoms with Crippen molar-refractivity contribution in [2.75, 3.05) is 32.9 Å². The standard InChI is InChI=1S/C20H28N2O3/c1-15-4-2-5-17(21-15)19(23)22-10-8-18-20(13-22,9-3-11-25-18)14-24-12-16-6-7-16/h2,4-5,16,18H,3,6-14H2,1H3/t18-,20-/m1/s1. The van der Waals surface area contributed by atoms with Gasteiger partial charge in [-0.05, 0) is 57.1 Å². The number of carbonyl (C=O) groups is 1. The molecule has 5 nitrogen and oxygen atoms in total. The van der Waals surface area contributed by atoms with Crippen LogP contribution in [-0.2, 0) is 9.47 Å². The summed E-state index contributed by atoms with van der Waals surface area (Å²) < 4.78 is 12.2. The van der Waals surface area contributed by atoms with Crippen LogP contribution in [0.5, 0.6) is 0 Å². The molecule has 2 atom stereocenters. The Kier molecular flexibility index (Phi) is 4.78. The quantitative estimate of drug-likeness (QED) is 0.824. The molecular weight excluding hydrogens is 316 g/mol. The minimum absolute atomic E-state index is 0.0364. The second-order valence-electron chi connectivity index (χ2n) is 7.96. The normalized spacial score (nSPS) is 29.3. The molecule has 0 unspecified atom stereocenters. The van der Waals surface area contributed by atoms with E-state index in [1.807, 2.05) is 30.0 Å². The van der Waals surface area contributed by atoms with Gasteiger partial charge in [-0.3, -0.25) is 4.79 Å². The number of carbonyl (C=O) groups excluding carboxylic acids is 1. The second-order valence-corrected chi connectivity index (χ2v) is 7.96. The van der Waals surface area contributed by atoms with Crippen LogP contribution in [0.3, 0.4) is 0 Å². The van der Waals surface area contributed by atoms with Crippen molar-refractivity contribution in [3.05, 3.63) is 29.6 Å². The van der Waals surface area contributed by atoms with Crippen molar-refractivity contribution >= 4 is 5.91 Å². The number of pyridine rings is 1. The first-order valence-electron chi connectivity index (χ1n) is 9.59. The van der Waals surface area contributed by atoms with Crippen LogP contribution in [0.25, 0.3) is 0 Å². The van der Waals surface area contributed by atoms with Crippen molar-refractivity contribution < 1.29 is 14.3 Å². The molecular formula is C20H28N2O3. The first-order valence-corrected chi connectivity index (χ1v) is 9.59. The molecule has 4 rings (SSSR count). The van der Waals surface area contributed by atoms with Crippen LogP contribution in [-0.4, -0.2) is 54.8 Å². The summed E-state index contributed by atoms with van der Waals surface area (Å²) in [7, 11) is 0. The van der Waals surface area contributed by atoms with Crippen LogP contribution in [0.15, 0.2) is 18.2 Å². The van der Waals surface area contributed by atoms with Crippen LogP contribution in [0.2, 0.25) is 0 Å². The summed E-state index contributed by atoms with van der Waals surface area (Å²) in [6, 6.07) is 5.64. The molecule has 1 saturated carbocycles. The number of amides is 1. The molecule has 1 amide bonds. The Morgan fingerprint density at radius 2 is 2.28 bits per heavy atom. The number of likely N-dealkylation sites (tertiary alicyclic amines) is 1. The van der Waals surface area contributed by atoms with Gasteiger partial charge in [0.25, 0.3) is 5.91 Å². The molecule has 0 radical (unpaired) electrons. The predicted molar refractivity (Wildman–Crippen MR) is 94.4 cm³/mol. The fourth-order valence-electron chi connectivity index (χ4n) is 4.21. The largest absolute Gasteiger partial charge is 0.380 e. The van der Waals surface area contributed by atoms with Gasteiger partial charge in [0.05, 0.1) is 12.7 Å². The highest BCUT2D eigenvalue weighted by atomic mass is 16.5. The molecule has 3 heterocycles. The lowest BCUT2D eigenvalue weighted by Crippen LogP contribution is -2.58. The third kappa shape index (κ3) is 3.72. The average Bonchev–Trinajstić information content (AvgIpc) is 3.45.